The van der Waals surface area contributed by atoms with Crippen LogP contribution in [0.15, 0.2) is 24.5 Å². The molecule has 0 spiro atoms. The zero-order valence-corrected chi connectivity index (χ0v) is 33.0. The maximum absolute atomic E-state index is 12.7. The number of aryl methyl sites for hydroxylation is 2. The van der Waals surface area contributed by atoms with Crippen LogP contribution in [0.3, 0.4) is 0 Å². The molecular formula is C38H56Cl2N10O2. The first-order valence-electron chi connectivity index (χ1n) is 18.6. The zero-order chi connectivity index (χ0) is 37.7. The summed E-state index contributed by atoms with van der Waals surface area (Å²) in [6.45, 7) is 20.8. The number of carbonyl (C=O) groups excluding carboxylic acids is 2. The van der Waals surface area contributed by atoms with Crippen LogP contribution in [0, 0.1) is 37.5 Å². The maximum Gasteiger partial charge on any atom is 0.255 e. The molecule has 12 nitrogen and oxygen atoms in total. The quantitative estimate of drug-likeness (QED) is 0.155. The van der Waals surface area contributed by atoms with Gasteiger partial charge in [0.15, 0.2) is 11.3 Å². The Hall–Kier alpha value is -3.58. The smallest absolute Gasteiger partial charge is 0.255 e. The Kier molecular flexibility index (Phi) is 13.3. The molecule has 52 heavy (non-hydrogen) atoms. The van der Waals surface area contributed by atoms with E-state index in [1.54, 1.807) is 33.3 Å². The minimum Gasteiger partial charge on any atom is -0.384 e. The molecule has 2 saturated heterocycles. The number of aromatic nitrogens is 4. The number of hydrogen-bond acceptors (Lipinski definition) is 8. The van der Waals surface area contributed by atoms with Crippen molar-refractivity contribution in [2.24, 2.45) is 23.7 Å². The van der Waals surface area contributed by atoms with E-state index < -0.39 is 0 Å². The largest absolute Gasteiger partial charge is 0.384 e. The number of nitrogens with two attached hydrogens (primary N) is 2. The van der Waals surface area contributed by atoms with Gasteiger partial charge in [0.05, 0.1) is 32.6 Å². The summed E-state index contributed by atoms with van der Waals surface area (Å²) in [6.07, 6.45) is 8.05. The average molecular weight is 756 g/mol. The van der Waals surface area contributed by atoms with Gasteiger partial charge in [0.25, 0.3) is 11.8 Å². The van der Waals surface area contributed by atoms with Gasteiger partial charge in [-0.3, -0.25) is 18.4 Å². The molecule has 4 aromatic rings. The minimum atomic E-state index is -0.146. The first-order chi connectivity index (χ1) is 24.7. The molecule has 0 aromatic carbocycles. The maximum atomic E-state index is 12.7. The number of hydrogen-bond donors (Lipinski definition) is 4. The van der Waals surface area contributed by atoms with E-state index in [4.69, 9.17) is 34.7 Å². The van der Waals surface area contributed by atoms with Gasteiger partial charge < -0.3 is 31.9 Å². The number of nitrogens with zero attached hydrogens (tertiary/aromatic N) is 6. The van der Waals surface area contributed by atoms with Gasteiger partial charge in [-0.15, -0.1) is 0 Å². The first kappa shape index (κ1) is 39.6. The van der Waals surface area contributed by atoms with Crippen LogP contribution in [-0.4, -0.2) is 92.7 Å². The highest BCUT2D eigenvalue weighted by Crippen LogP contribution is 2.27. The molecule has 6 N–H and O–H groups in total. The molecule has 2 aliphatic heterocycles. The van der Waals surface area contributed by atoms with Crippen molar-refractivity contribution in [1.29, 1.82) is 0 Å². The minimum absolute atomic E-state index is 0.146. The van der Waals surface area contributed by atoms with E-state index in [1.807, 2.05) is 13.8 Å². The summed E-state index contributed by atoms with van der Waals surface area (Å²) in [5.74, 6) is 2.93. The molecule has 0 bridgehead atoms. The number of fused-ring (bicyclic) bond motifs is 2. The number of piperidine rings is 2. The Balaban J connectivity index is 0.000000201. The molecule has 2 aliphatic rings. The van der Waals surface area contributed by atoms with Crippen LogP contribution in [-0.2, 0) is 0 Å². The number of halogens is 2. The number of nitrogen functional groups attached to an aromatic ring is 2. The average Bonchev–Trinajstić information content (AvgIpc) is 3.69. The number of likely N-dealkylation sites (tertiary alicyclic amines) is 2. The molecule has 2 fully saturated rings. The van der Waals surface area contributed by atoms with E-state index in [-0.39, 0.29) is 11.8 Å². The summed E-state index contributed by atoms with van der Waals surface area (Å²) < 4.78 is 3.36. The van der Waals surface area contributed by atoms with Crippen molar-refractivity contribution in [1.82, 2.24) is 39.2 Å². The van der Waals surface area contributed by atoms with Crippen molar-refractivity contribution >= 4 is 57.9 Å². The summed E-state index contributed by atoms with van der Waals surface area (Å²) in [5.41, 5.74) is 15.6. The SMILES string of the molecule is Cc1cn2c(N)c(Cl)cc(C(=O)NCC3CCN(CC(C)C)CC3)c2n1.Cc1cn2c(N)c(Cl)cc(C(=O)NCC3CCN(CC(C)C)CC3)c2n1. The lowest BCUT2D eigenvalue weighted by Crippen LogP contribution is -2.40. The molecule has 0 saturated carbocycles. The summed E-state index contributed by atoms with van der Waals surface area (Å²) in [7, 11) is 0. The predicted octanol–water partition coefficient (Wildman–Crippen LogP) is 5.95. The van der Waals surface area contributed by atoms with Crippen molar-refractivity contribution in [3.8, 4) is 0 Å². The highest BCUT2D eigenvalue weighted by molar-refractivity contribution is 6.33. The van der Waals surface area contributed by atoms with E-state index >= 15 is 0 Å². The molecule has 0 atom stereocenters. The van der Waals surface area contributed by atoms with Crippen molar-refractivity contribution in [3.05, 3.63) is 57.1 Å². The van der Waals surface area contributed by atoms with Gasteiger partial charge in [-0.1, -0.05) is 50.9 Å². The number of imidazole rings is 2. The molecule has 6 heterocycles. The molecule has 2 amide bonds. The molecule has 0 unspecified atom stereocenters. The van der Waals surface area contributed by atoms with Crippen LogP contribution in [0.1, 0.15) is 85.5 Å². The van der Waals surface area contributed by atoms with Crippen molar-refractivity contribution in [3.63, 3.8) is 0 Å². The van der Waals surface area contributed by atoms with E-state index in [0.717, 1.165) is 76.3 Å². The highest BCUT2D eigenvalue weighted by atomic mass is 35.5. The lowest BCUT2D eigenvalue weighted by molar-refractivity contribution is 0.0927. The monoisotopic (exact) mass is 754 g/mol. The number of pyridine rings is 2. The van der Waals surface area contributed by atoms with Gasteiger partial charge in [-0.05, 0) is 102 Å². The number of amides is 2. The summed E-state index contributed by atoms with van der Waals surface area (Å²) >= 11 is 12.4. The van der Waals surface area contributed by atoms with E-state index in [2.05, 4.69) is 58.1 Å². The van der Waals surface area contributed by atoms with Gasteiger partial charge in [-0.25, -0.2) is 9.97 Å². The molecule has 6 rings (SSSR count). The fourth-order valence-corrected chi connectivity index (χ4v) is 7.68. The standard InChI is InChI=1S/2C19H28ClN5O/c2*1-12(2)10-24-6-4-14(5-7-24)9-22-19(26)15-8-16(20)17(21)25-11-13(3)23-18(15)25/h2*8,11-12,14H,4-7,9-10,21H2,1-3H3,(H,22,26). The van der Waals surface area contributed by atoms with E-state index in [0.29, 0.717) is 80.9 Å². The molecule has 14 heteroatoms. The molecule has 0 aliphatic carbocycles. The van der Waals surface area contributed by atoms with Crippen LogP contribution >= 0.6 is 23.2 Å². The summed E-state index contributed by atoms with van der Waals surface area (Å²) in [4.78, 5) is 39.3. The number of anilines is 2. The van der Waals surface area contributed by atoms with E-state index in [1.165, 1.54) is 0 Å². The Bertz CT molecular complexity index is 1720. The zero-order valence-electron chi connectivity index (χ0n) is 31.5. The van der Waals surface area contributed by atoms with Gasteiger partial charge in [0.2, 0.25) is 0 Å². The number of carbonyl (C=O) groups is 2. The molecule has 284 valence electrons. The normalized spacial score (nSPS) is 16.5. The Morgan fingerprint density at radius 1 is 0.712 bits per heavy atom. The van der Waals surface area contributed by atoms with Crippen molar-refractivity contribution in [2.75, 3.05) is 63.8 Å². The first-order valence-corrected chi connectivity index (χ1v) is 19.3. The van der Waals surface area contributed by atoms with Crippen LogP contribution in [0.4, 0.5) is 11.6 Å². The lowest BCUT2D eigenvalue weighted by atomic mass is 9.96. The molecule has 4 aromatic heterocycles. The third kappa shape index (κ3) is 9.89. The third-order valence-electron chi connectivity index (χ3n) is 9.94. The van der Waals surface area contributed by atoms with Crippen molar-refractivity contribution in [2.45, 2.75) is 67.2 Å². The summed E-state index contributed by atoms with van der Waals surface area (Å²) in [6, 6.07) is 3.22. The highest BCUT2D eigenvalue weighted by Gasteiger charge is 2.24. The summed E-state index contributed by atoms with van der Waals surface area (Å²) in [5, 5.41) is 6.85. The molecular weight excluding hydrogens is 699 g/mol. The van der Waals surface area contributed by atoms with Gasteiger partial charge in [0.1, 0.15) is 11.6 Å². The number of nitrogens with one attached hydrogen (secondary N) is 2. The second kappa shape index (κ2) is 17.5. The fourth-order valence-electron chi connectivity index (χ4n) is 7.28. The number of rotatable bonds is 10. The predicted molar refractivity (Wildman–Crippen MR) is 211 cm³/mol. The Labute approximate surface area is 317 Å². The molecule has 0 radical (unpaired) electrons. The second-order valence-electron chi connectivity index (χ2n) is 15.4. The lowest BCUT2D eigenvalue weighted by Gasteiger charge is -2.33. The van der Waals surface area contributed by atoms with Crippen molar-refractivity contribution < 1.29 is 9.59 Å². The van der Waals surface area contributed by atoms with Crippen LogP contribution in [0.5, 0.6) is 0 Å². The third-order valence-corrected chi connectivity index (χ3v) is 10.5. The topological polar surface area (TPSA) is 151 Å². The van der Waals surface area contributed by atoms with Crippen LogP contribution in [0.2, 0.25) is 10.0 Å². The van der Waals surface area contributed by atoms with Crippen LogP contribution in [0.25, 0.3) is 11.3 Å². The fraction of sp³-hybridized carbons (Fsp3) is 0.579. The van der Waals surface area contributed by atoms with Gasteiger partial charge in [0, 0.05) is 38.6 Å². The van der Waals surface area contributed by atoms with Gasteiger partial charge >= 0.3 is 0 Å². The second-order valence-corrected chi connectivity index (χ2v) is 16.2. The Morgan fingerprint density at radius 2 is 1.06 bits per heavy atom. The van der Waals surface area contributed by atoms with E-state index in [9.17, 15) is 9.59 Å². The van der Waals surface area contributed by atoms with Crippen LogP contribution < -0.4 is 22.1 Å². The van der Waals surface area contributed by atoms with Gasteiger partial charge in [-0.2, -0.15) is 0 Å². The Morgan fingerprint density at radius 3 is 1.38 bits per heavy atom.